The van der Waals surface area contributed by atoms with Gasteiger partial charge in [0.05, 0.1) is 0 Å². The second-order valence-corrected chi connectivity index (χ2v) is 4.54. The Morgan fingerprint density at radius 2 is 1.92 bits per heavy atom. The van der Waals surface area contributed by atoms with Crippen molar-refractivity contribution in [1.29, 1.82) is 0 Å². The molecule has 0 aliphatic carbocycles. The number of hydrogen-bond acceptors (Lipinski definition) is 2. The number of carbonyl (C=O) groups is 1. The summed E-state index contributed by atoms with van der Waals surface area (Å²) in [5.41, 5.74) is 1.00. The molecule has 0 bridgehead atoms. The molecule has 1 aromatic carbocycles. The van der Waals surface area contributed by atoms with E-state index < -0.39 is 4.75 Å². The Morgan fingerprint density at radius 3 is 2.31 bits per heavy atom. The van der Waals surface area contributed by atoms with Gasteiger partial charge in [-0.05, 0) is 18.7 Å². The predicted octanol–water partition coefficient (Wildman–Crippen LogP) is 2.72. The summed E-state index contributed by atoms with van der Waals surface area (Å²) in [4.78, 5) is 11.3. The maximum atomic E-state index is 11.3. The molecule has 1 aromatic rings. The molecule has 3 heteroatoms. The monoisotopic (exact) mass is 212 g/mol. The molecule has 0 saturated carbocycles. The zero-order valence-electron chi connectivity index (χ0n) is 7.65. The van der Waals surface area contributed by atoms with Gasteiger partial charge in [0.15, 0.2) is 0 Å². The van der Waals surface area contributed by atoms with Crippen LogP contribution in [0.15, 0.2) is 30.3 Å². The zero-order chi connectivity index (χ0) is 9.90. The molecule has 0 aromatic heterocycles. The van der Waals surface area contributed by atoms with Gasteiger partial charge in [-0.25, -0.2) is 0 Å². The highest BCUT2D eigenvalue weighted by Crippen LogP contribution is 2.36. The Balaban J connectivity index is 3.11. The van der Waals surface area contributed by atoms with Crippen LogP contribution in [0.3, 0.4) is 0 Å². The van der Waals surface area contributed by atoms with Crippen LogP contribution in [-0.2, 0) is 9.54 Å². The zero-order valence-corrected chi connectivity index (χ0v) is 9.36. The molecule has 0 spiro atoms. The molecule has 0 radical (unpaired) electrons. The Bertz CT molecular complexity index is 297. The molecule has 13 heavy (non-hydrogen) atoms. The van der Waals surface area contributed by atoms with Crippen molar-refractivity contribution in [3.8, 4) is 0 Å². The minimum atomic E-state index is -0.523. The maximum Gasteiger partial charge on any atom is 0.206 e. The van der Waals surface area contributed by atoms with Gasteiger partial charge in [-0.1, -0.05) is 30.3 Å². The Morgan fingerprint density at radius 1 is 1.38 bits per heavy atom. The summed E-state index contributed by atoms with van der Waals surface area (Å²) in [5, 5.41) is -0.105. The average Bonchev–Trinajstić information content (AvgIpc) is 2.17. The van der Waals surface area contributed by atoms with E-state index >= 15 is 0 Å². The van der Waals surface area contributed by atoms with Crippen LogP contribution in [0.1, 0.15) is 12.5 Å². The van der Waals surface area contributed by atoms with Crippen molar-refractivity contribution >= 4 is 29.5 Å². The standard InChI is InChI=1S/C10H12OS2/c1-10(13-2,9(11)12)8-6-4-3-5-7-8/h3-7H,1-2H3,(H,11,12). The fourth-order valence-corrected chi connectivity index (χ4v) is 2.03. The fraction of sp³-hybridized carbons (Fsp3) is 0.300. The number of hydrogen-bond donors (Lipinski definition) is 1. The Kier molecular flexibility index (Phi) is 3.45. The van der Waals surface area contributed by atoms with Crippen LogP contribution in [0, 0.1) is 0 Å². The van der Waals surface area contributed by atoms with Crippen LogP contribution in [0.25, 0.3) is 0 Å². The first-order chi connectivity index (χ1) is 6.11. The summed E-state index contributed by atoms with van der Waals surface area (Å²) in [6, 6.07) is 9.70. The first kappa shape index (κ1) is 10.7. The Labute approximate surface area is 88.3 Å². The van der Waals surface area contributed by atoms with Crippen molar-refractivity contribution < 1.29 is 4.79 Å². The lowest BCUT2D eigenvalue weighted by Crippen LogP contribution is -2.24. The quantitative estimate of drug-likeness (QED) is 0.776. The van der Waals surface area contributed by atoms with Crippen LogP contribution in [0.5, 0.6) is 0 Å². The summed E-state index contributed by atoms with van der Waals surface area (Å²) < 4.78 is -0.523. The van der Waals surface area contributed by atoms with E-state index in [1.54, 1.807) is 0 Å². The first-order valence-corrected chi connectivity index (χ1v) is 5.62. The largest absolute Gasteiger partial charge is 0.286 e. The van der Waals surface area contributed by atoms with Gasteiger partial charge in [0, 0.05) is 0 Å². The van der Waals surface area contributed by atoms with Crippen LogP contribution < -0.4 is 0 Å². The van der Waals surface area contributed by atoms with Gasteiger partial charge in [0.25, 0.3) is 0 Å². The predicted molar refractivity (Wildman–Crippen MR) is 61.3 cm³/mol. The lowest BCUT2D eigenvalue weighted by molar-refractivity contribution is -0.112. The van der Waals surface area contributed by atoms with Gasteiger partial charge in [0.2, 0.25) is 5.12 Å². The number of carbonyl (C=O) groups excluding carboxylic acids is 1. The van der Waals surface area contributed by atoms with Crippen molar-refractivity contribution in [1.82, 2.24) is 0 Å². The normalized spacial score (nSPS) is 15.0. The molecule has 1 atom stereocenters. The van der Waals surface area contributed by atoms with Crippen molar-refractivity contribution in [3.05, 3.63) is 35.9 Å². The van der Waals surface area contributed by atoms with E-state index in [1.807, 2.05) is 43.5 Å². The number of rotatable bonds is 3. The van der Waals surface area contributed by atoms with E-state index in [1.165, 1.54) is 11.8 Å². The number of benzene rings is 1. The minimum absolute atomic E-state index is 0.105. The van der Waals surface area contributed by atoms with Crippen LogP contribution in [-0.4, -0.2) is 11.4 Å². The molecular formula is C10H12OS2. The van der Waals surface area contributed by atoms with Crippen LogP contribution in [0.2, 0.25) is 0 Å². The van der Waals surface area contributed by atoms with Crippen LogP contribution >= 0.6 is 24.4 Å². The molecule has 1 nitrogen and oxygen atoms in total. The molecule has 0 heterocycles. The first-order valence-electron chi connectivity index (χ1n) is 3.95. The number of thiol groups is 1. The van der Waals surface area contributed by atoms with Gasteiger partial charge >= 0.3 is 0 Å². The lowest BCUT2D eigenvalue weighted by atomic mass is 10.0. The van der Waals surface area contributed by atoms with E-state index in [0.717, 1.165) is 5.56 Å². The van der Waals surface area contributed by atoms with Gasteiger partial charge in [-0.3, -0.25) is 4.79 Å². The average molecular weight is 212 g/mol. The van der Waals surface area contributed by atoms with Crippen molar-refractivity contribution in [2.75, 3.05) is 6.26 Å². The molecule has 0 aliphatic rings. The van der Waals surface area contributed by atoms with Gasteiger partial charge in [0.1, 0.15) is 4.75 Å². The molecule has 0 fully saturated rings. The highest BCUT2D eigenvalue weighted by Gasteiger charge is 2.31. The lowest BCUT2D eigenvalue weighted by Gasteiger charge is -2.23. The van der Waals surface area contributed by atoms with Gasteiger partial charge in [-0.2, -0.15) is 0 Å². The highest BCUT2D eigenvalue weighted by atomic mass is 32.2. The fourth-order valence-electron chi connectivity index (χ4n) is 1.08. The molecule has 1 rings (SSSR count). The Hall–Kier alpha value is -0.410. The summed E-state index contributed by atoms with van der Waals surface area (Å²) in [6.45, 7) is 1.89. The van der Waals surface area contributed by atoms with E-state index in [9.17, 15) is 4.79 Å². The van der Waals surface area contributed by atoms with E-state index in [2.05, 4.69) is 12.6 Å². The molecule has 0 aliphatic heterocycles. The van der Waals surface area contributed by atoms with E-state index in [-0.39, 0.29) is 5.12 Å². The maximum absolute atomic E-state index is 11.3. The van der Waals surface area contributed by atoms with Gasteiger partial charge in [-0.15, -0.1) is 24.4 Å². The molecular weight excluding hydrogens is 200 g/mol. The highest BCUT2D eigenvalue weighted by molar-refractivity contribution is 8.05. The second kappa shape index (κ2) is 4.20. The molecule has 0 N–H and O–H groups in total. The van der Waals surface area contributed by atoms with Crippen molar-refractivity contribution in [3.63, 3.8) is 0 Å². The summed E-state index contributed by atoms with van der Waals surface area (Å²) in [7, 11) is 0. The smallest absolute Gasteiger partial charge is 0.206 e. The minimum Gasteiger partial charge on any atom is -0.286 e. The SMILES string of the molecule is CSC(C)(C(=O)S)c1ccccc1. The van der Waals surface area contributed by atoms with E-state index in [0.29, 0.717) is 0 Å². The molecule has 0 saturated heterocycles. The topological polar surface area (TPSA) is 17.1 Å². The number of thioether (sulfide) groups is 1. The third kappa shape index (κ3) is 2.09. The second-order valence-electron chi connectivity index (χ2n) is 2.91. The molecule has 70 valence electrons. The van der Waals surface area contributed by atoms with Crippen molar-refractivity contribution in [2.24, 2.45) is 0 Å². The molecule has 0 amide bonds. The third-order valence-corrected chi connectivity index (χ3v) is 3.98. The third-order valence-electron chi connectivity index (χ3n) is 2.14. The summed E-state index contributed by atoms with van der Waals surface area (Å²) in [5.74, 6) is 0. The van der Waals surface area contributed by atoms with Crippen molar-refractivity contribution in [2.45, 2.75) is 11.7 Å². The summed E-state index contributed by atoms with van der Waals surface area (Å²) >= 11 is 5.42. The van der Waals surface area contributed by atoms with Gasteiger partial charge < -0.3 is 0 Å². The van der Waals surface area contributed by atoms with Crippen LogP contribution in [0.4, 0.5) is 0 Å². The summed E-state index contributed by atoms with van der Waals surface area (Å²) in [6.07, 6.45) is 1.92. The van der Waals surface area contributed by atoms with E-state index in [4.69, 9.17) is 0 Å². The molecule has 1 unspecified atom stereocenters.